The van der Waals surface area contributed by atoms with E-state index in [9.17, 15) is 9.59 Å². The summed E-state index contributed by atoms with van der Waals surface area (Å²) in [6.45, 7) is 6.91. The standard InChI is InChI=1S/C30H38BrN3O2/c1-3-5-20-34(23-28-12-9-21-32(28)22-26-13-16-27(31)17-14-26)30(36)24-33(19-4-2)29(35)18-15-25-10-7-6-8-11-25/h6-14,16-17,21H,3-5,15,18-20,22-24H2,1-2H3. The van der Waals surface area contributed by atoms with E-state index in [1.807, 2.05) is 60.4 Å². The second-order valence-electron chi connectivity index (χ2n) is 9.22. The van der Waals surface area contributed by atoms with Gasteiger partial charge in [-0.15, -0.1) is 0 Å². The number of benzene rings is 2. The summed E-state index contributed by atoms with van der Waals surface area (Å²) in [6, 6.07) is 22.5. The maximum atomic E-state index is 13.5. The molecule has 0 bridgehead atoms. The Morgan fingerprint density at radius 1 is 0.806 bits per heavy atom. The Labute approximate surface area is 224 Å². The Morgan fingerprint density at radius 3 is 2.25 bits per heavy atom. The number of unbranched alkanes of at least 4 members (excludes halogenated alkanes) is 1. The summed E-state index contributed by atoms with van der Waals surface area (Å²) < 4.78 is 3.26. The molecule has 0 fully saturated rings. The van der Waals surface area contributed by atoms with E-state index in [2.05, 4.69) is 51.8 Å². The second kappa shape index (κ2) is 14.6. The maximum Gasteiger partial charge on any atom is 0.242 e. The van der Waals surface area contributed by atoms with Crippen LogP contribution in [0.1, 0.15) is 56.4 Å². The van der Waals surface area contributed by atoms with E-state index >= 15 is 0 Å². The molecule has 3 rings (SSSR count). The molecular weight excluding hydrogens is 514 g/mol. The highest BCUT2D eigenvalue weighted by Gasteiger charge is 2.21. The Balaban J connectivity index is 1.66. The molecule has 2 aromatic carbocycles. The van der Waals surface area contributed by atoms with Gasteiger partial charge in [-0.05, 0) is 54.7 Å². The summed E-state index contributed by atoms with van der Waals surface area (Å²) in [6.07, 6.45) is 5.96. The normalized spacial score (nSPS) is 10.9. The van der Waals surface area contributed by atoms with Crippen molar-refractivity contribution in [1.29, 1.82) is 0 Å². The van der Waals surface area contributed by atoms with Gasteiger partial charge in [-0.3, -0.25) is 9.59 Å². The first kappa shape index (κ1) is 27.7. The molecule has 1 aromatic heterocycles. The van der Waals surface area contributed by atoms with Gasteiger partial charge in [-0.1, -0.05) is 78.7 Å². The van der Waals surface area contributed by atoms with Crippen LogP contribution in [0.3, 0.4) is 0 Å². The average molecular weight is 553 g/mol. The molecule has 0 radical (unpaired) electrons. The molecule has 0 spiro atoms. The lowest BCUT2D eigenvalue weighted by atomic mass is 10.1. The lowest BCUT2D eigenvalue weighted by molar-refractivity contribution is -0.141. The Kier molecular flexibility index (Phi) is 11.3. The van der Waals surface area contributed by atoms with Crippen LogP contribution in [0.15, 0.2) is 77.4 Å². The number of hydrogen-bond acceptors (Lipinski definition) is 2. The van der Waals surface area contributed by atoms with Crippen LogP contribution in [0.5, 0.6) is 0 Å². The minimum atomic E-state index is 0.0151. The number of aryl methyl sites for hydroxylation is 1. The van der Waals surface area contributed by atoms with E-state index in [0.29, 0.717) is 32.5 Å². The fourth-order valence-electron chi connectivity index (χ4n) is 4.25. The summed E-state index contributed by atoms with van der Waals surface area (Å²) >= 11 is 3.49. The van der Waals surface area contributed by atoms with Crippen LogP contribution in [0.25, 0.3) is 0 Å². The third-order valence-electron chi connectivity index (χ3n) is 6.32. The van der Waals surface area contributed by atoms with Crippen molar-refractivity contribution in [3.8, 4) is 0 Å². The summed E-state index contributed by atoms with van der Waals surface area (Å²) in [4.78, 5) is 30.2. The Hall–Kier alpha value is -2.86. The second-order valence-corrected chi connectivity index (χ2v) is 10.1. The highest BCUT2D eigenvalue weighted by atomic mass is 79.9. The molecule has 0 saturated heterocycles. The molecular formula is C30H38BrN3O2. The van der Waals surface area contributed by atoms with Crippen LogP contribution in [0.4, 0.5) is 0 Å². The zero-order valence-corrected chi connectivity index (χ0v) is 23.1. The van der Waals surface area contributed by atoms with Gasteiger partial charge in [0.15, 0.2) is 0 Å². The van der Waals surface area contributed by atoms with Crippen molar-refractivity contribution >= 4 is 27.7 Å². The molecule has 0 aliphatic carbocycles. The number of nitrogens with zero attached hydrogens (tertiary/aromatic N) is 3. The molecule has 2 amide bonds. The molecule has 0 aliphatic heterocycles. The number of carbonyl (C=O) groups is 2. The van der Waals surface area contributed by atoms with Crippen LogP contribution >= 0.6 is 15.9 Å². The zero-order valence-electron chi connectivity index (χ0n) is 21.5. The van der Waals surface area contributed by atoms with Gasteiger partial charge in [0.05, 0.1) is 13.1 Å². The molecule has 0 unspecified atom stereocenters. The van der Waals surface area contributed by atoms with E-state index in [-0.39, 0.29) is 18.4 Å². The van der Waals surface area contributed by atoms with Crippen molar-refractivity contribution in [2.45, 2.75) is 59.0 Å². The first-order valence-electron chi connectivity index (χ1n) is 13.0. The highest BCUT2D eigenvalue weighted by Crippen LogP contribution is 2.15. The molecule has 192 valence electrons. The lowest BCUT2D eigenvalue weighted by Gasteiger charge is -2.28. The van der Waals surface area contributed by atoms with E-state index in [4.69, 9.17) is 0 Å². The van der Waals surface area contributed by atoms with Crippen molar-refractivity contribution in [2.75, 3.05) is 19.6 Å². The van der Waals surface area contributed by atoms with Gasteiger partial charge in [-0.2, -0.15) is 0 Å². The molecule has 1 heterocycles. The van der Waals surface area contributed by atoms with Crippen molar-refractivity contribution in [3.05, 3.63) is 94.2 Å². The smallest absolute Gasteiger partial charge is 0.242 e. The van der Waals surface area contributed by atoms with Gasteiger partial charge in [0.2, 0.25) is 11.8 Å². The first-order chi connectivity index (χ1) is 17.5. The van der Waals surface area contributed by atoms with Crippen LogP contribution in [0, 0.1) is 0 Å². The number of amides is 2. The lowest BCUT2D eigenvalue weighted by Crippen LogP contribution is -2.43. The average Bonchev–Trinajstić information content (AvgIpc) is 3.33. The van der Waals surface area contributed by atoms with Gasteiger partial charge < -0.3 is 14.4 Å². The summed E-state index contributed by atoms with van der Waals surface area (Å²) in [7, 11) is 0. The van der Waals surface area contributed by atoms with Gasteiger partial charge >= 0.3 is 0 Å². The fraction of sp³-hybridized carbons (Fsp3) is 0.400. The van der Waals surface area contributed by atoms with Crippen molar-refractivity contribution < 1.29 is 9.59 Å². The maximum absolute atomic E-state index is 13.5. The third-order valence-corrected chi connectivity index (χ3v) is 6.85. The quantitative estimate of drug-likeness (QED) is 0.236. The van der Waals surface area contributed by atoms with Crippen molar-refractivity contribution in [3.63, 3.8) is 0 Å². The van der Waals surface area contributed by atoms with Crippen LogP contribution < -0.4 is 0 Å². The molecule has 36 heavy (non-hydrogen) atoms. The summed E-state index contributed by atoms with van der Waals surface area (Å²) in [5.41, 5.74) is 3.45. The highest BCUT2D eigenvalue weighted by molar-refractivity contribution is 9.10. The summed E-state index contributed by atoms with van der Waals surface area (Å²) in [5, 5.41) is 0. The number of rotatable bonds is 14. The minimum Gasteiger partial charge on any atom is -0.345 e. The minimum absolute atomic E-state index is 0.0151. The predicted molar refractivity (Wildman–Crippen MR) is 150 cm³/mol. The molecule has 6 heteroatoms. The van der Waals surface area contributed by atoms with E-state index in [1.165, 1.54) is 5.56 Å². The molecule has 0 aliphatic rings. The first-order valence-corrected chi connectivity index (χ1v) is 13.8. The van der Waals surface area contributed by atoms with Crippen molar-refractivity contribution in [1.82, 2.24) is 14.4 Å². The van der Waals surface area contributed by atoms with Gasteiger partial charge in [0.25, 0.3) is 0 Å². The van der Waals surface area contributed by atoms with Gasteiger partial charge in [-0.25, -0.2) is 0 Å². The van der Waals surface area contributed by atoms with Crippen molar-refractivity contribution in [2.24, 2.45) is 0 Å². The monoisotopic (exact) mass is 551 g/mol. The predicted octanol–water partition coefficient (Wildman–Crippen LogP) is 6.30. The molecule has 5 nitrogen and oxygen atoms in total. The number of hydrogen-bond donors (Lipinski definition) is 0. The Bertz CT molecular complexity index is 1080. The van der Waals surface area contributed by atoms with Gasteiger partial charge in [0.1, 0.15) is 0 Å². The molecule has 0 N–H and O–H groups in total. The van der Waals surface area contributed by atoms with E-state index in [1.54, 1.807) is 4.90 Å². The molecule has 0 atom stereocenters. The van der Waals surface area contributed by atoms with Gasteiger partial charge in [0, 0.05) is 42.4 Å². The molecule has 3 aromatic rings. The van der Waals surface area contributed by atoms with E-state index < -0.39 is 0 Å². The zero-order chi connectivity index (χ0) is 25.8. The SMILES string of the molecule is CCCCN(Cc1cccn1Cc1ccc(Br)cc1)C(=O)CN(CCC)C(=O)CCc1ccccc1. The number of carbonyl (C=O) groups excluding carboxylic acids is 2. The van der Waals surface area contributed by atoms with E-state index in [0.717, 1.165) is 41.5 Å². The third kappa shape index (κ3) is 8.66. The van der Waals surface area contributed by atoms with Crippen LogP contribution in [-0.4, -0.2) is 45.8 Å². The Morgan fingerprint density at radius 2 is 1.56 bits per heavy atom. The fourth-order valence-corrected chi connectivity index (χ4v) is 4.51. The topological polar surface area (TPSA) is 45.6 Å². The van der Waals surface area contributed by atoms with Crippen LogP contribution in [0.2, 0.25) is 0 Å². The molecule has 0 saturated carbocycles. The number of aromatic nitrogens is 1. The summed E-state index contributed by atoms with van der Waals surface area (Å²) in [5.74, 6) is 0.0597. The van der Waals surface area contributed by atoms with Crippen LogP contribution in [-0.2, 0) is 29.1 Å². The number of halogens is 1. The largest absolute Gasteiger partial charge is 0.345 e.